The van der Waals surface area contributed by atoms with Gasteiger partial charge in [-0.1, -0.05) is 30.3 Å². The number of halogens is 1. The van der Waals surface area contributed by atoms with Crippen molar-refractivity contribution in [2.24, 2.45) is 0 Å². The number of Topliss-reactive ketones (excluding diaryl/α,β-unsaturated/α-hetero) is 1. The third-order valence-corrected chi connectivity index (χ3v) is 4.47. The molecule has 0 atom stereocenters. The van der Waals surface area contributed by atoms with E-state index in [9.17, 15) is 9.18 Å². The Labute approximate surface area is 115 Å². The summed E-state index contributed by atoms with van der Waals surface area (Å²) in [6.07, 6.45) is 1.25. The summed E-state index contributed by atoms with van der Waals surface area (Å²) in [5.74, 6) is 0.547. The van der Waals surface area contributed by atoms with Crippen molar-refractivity contribution in [3.63, 3.8) is 0 Å². The Morgan fingerprint density at radius 3 is 2.68 bits per heavy atom. The van der Waals surface area contributed by atoms with E-state index in [1.165, 1.54) is 11.6 Å². The van der Waals surface area contributed by atoms with Crippen LogP contribution in [0.4, 0.5) is 4.39 Å². The van der Waals surface area contributed by atoms with E-state index in [4.69, 9.17) is 0 Å². The fourth-order valence-corrected chi connectivity index (χ4v) is 3.45. The van der Waals surface area contributed by atoms with Gasteiger partial charge in [0.25, 0.3) is 0 Å². The van der Waals surface area contributed by atoms with Gasteiger partial charge in [-0.25, -0.2) is 4.39 Å². The summed E-state index contributed by atoms with van der Waals surface area (Å²) >= 11 is 1.60. The van der Waals surface area contributed by atoms with Crippen LogP contribution in [0.3, 0.4) is 0 Å². The summed E-state index contributed by atoms with van der Waals surface area (Å²) in [7, 11) is 0. The Hall–Kier alpha value is -1.61. The smallest absolute Gasteiger partial charge is 0.163 e. The number of hydrogen-bond acceptors (Lipinski definition) is 2. The number of hydrogen-bond donors (Lipinski definition) is 0. The van der Waals surface area contributed by atoms with Crippen molar-refractivity contribution in [2.75, 3.05) is 0 Å². The van der Waals surface area contributed by atoms with Crippen LogP contribution in [0, 0.1) is 5.82 Å². The normalized spacial score (nSPS) is 13.6. The van der Waals surface area contributed by atoms with Crippen LogP contribution in [0.25, 0.3) is 0 Å². The predicted molar refractivity (Wildman–Crippen MR) is 75.1 cm³/mol. The zero-order valence-electron chi connectivity index (χ0n) is 10.4. The number of rotatable bonds is 3. The molecule has 0 aliphatic heterocycles. The summed E-state index contributed by atoms with van der Waals surface area (Å²) < 4.78 is 13.6. The van der Waals surface area contributed by atoms with Crippen molar-refractivity contribution < 1.29 is 9.18 Å². The fraction of sp³-hybridized carbons (Fsp3) is 0.188. The molecule has 0 saturated carbocycles. The highest BCUT2D eigenvalue weighted by Gasteiger charge is 2.23. The lowest BCUT2D eigenvalue weighted by atomic mass is 10.1. The molecule has 2 aromatic carbocycles. The van der Waals surface area contributed by atoms with Crippen molar-refractivity contribution in [1.29, 1.82) is 0 Å². The van der Waals surface area contributed by atoms with Gasteiger partial charge < -0.3 is 0 Å². The number of thioether (sulfide) groups is 1. The van der Waals surface area contributed by atoms with Crippen LogP contribution in [0.2, 0.25) is 0 Å². The molecule has 0 N–H and O–H groups in total. The van der Waals surface area contributed by atoms with E-state index in [-0.39, 0.29) is 11.6 Å². The quantitative estimate of drug-likeness (QED) is 0.777. The molecule has 1 nitrogen and oxygen atoms in total. The molecule has 3 rings (SSSR count). The van der Waals surface area contributed by atoms with Crippen LogP contribution in [0.5, 0.6) is 0 Å². The van der Waals surface area contributed by atoms with E-state index in [1.807, 2.05) is 18.2 Å². The predicted octanol–water partition coefficient (Wildman–Crippen LogP) is 4.25. The van der Waals surface area contributed by atoms with E-state index >= 15 is 0 Å². The Morgan fingerprint density at radius 2 is 1.89 bits per heavy atom. The van der Waals surface area contributed by atoms with Crippen LogP contribution in [-0.2, 0) is 12.2 Å². The number of benzene rings is 2. The van der Waals surface area contributed by atoms with Crippen molar-refractivity contribution in [3.05, 3.63) is 65.0 Å². The zero-order valence-corrected chi connectivity index (χ0v) is 11.2. The first-order valence-electron chi connectivity index (χ1n) is 6.26. The van der Waals surface area contributed by atoms with Crippen molar-refractivity contribution >= 4 is 17.5 Å². The van der Waals surface area contributed by atoms with Gasteiger partial charge in [-0.3, -0.25) is 4.79 Å². The molecular weight excluding hydrogens is 259 g/mol. The number of ketones is 1. The SMILES string of the molecule is O=C1CCc2c(SCc3ccccc3)cc(F)cc21. The van der Waals surface area contributed by atoms with Crippen LogP contribution < -0.4 is 0 Å². The summed E-state index contributed by atoms with van der Waals surface area (Å²) in [5.41, 5.74) is 2.80. The number of fused-ring (bicyclic) bond motifs is 1. The molecule has 2 aromatic rings. The molecule has 0 unspecified atom stereocenters. The van der Waals surface area contributed by atoms with Crippen molar-refractivity contribution in [3.8, 4) is 0 Å². The van der Waals surface area contributed by atoms with Crippen LogP contribution in [0.1, 0.15) is 27.9 Å². The maximum absolute atomic E-state index is 13.6. The first-order valence-corrected chi connectivity index (χ1v) is 7.25. The third-order valence-electron chi connectivity index (χ3n) is 3.31. The average molecular weight is 272 g/mol. The molecular formula is C16H13FOS. The van der Waals surface area contributed by atoms with Gasteiger partial charge in [0.2, 0.25) is 0 Å². The van der Waals surface area contributed by atoms with Crippen LogP contribution in [-0.4, -0.2) is 5.78 Å². The van der Waals surface area contributed by atoms with Gasteiger partial charge >= 0.3 is 0 Å². The molecule has 0 spiro atoms. The standard InChI is InChI=1S/C16H13FOS/c17-12-8-14-13(6-7-15(14)18)16(9-12)19-10-11-4-2-1-3-5-11/h1-5,8-9H,6-7,10H2. The van der Waals surface area contributed by atoms with Crippen LogP contribution in [0.15, 0.2) is 47.4 Å². The van der Waals surface area contributed by atoms with E-state index in [1.54, 1.807) is 17.8 Å². The number of carbonyl (C=O) groups excluding carboxylic acids is 1. The third kappa shape index (κ3) is 2.56. The average Bonchev–Trinajstić information content (AvgIpc) is 2.79. The monoisotopic (exact) mass is 272 g/mol. The van der Waals surface area contributed by atoms with Gasteiger partial charge in [-0.15, -0.1) is 11.8 Å². The lowest BCUT2D eigenvalue weighted by molar-refractivity contribution is 0.0994. The van der Waals surface area contributed by atoms with Gasteiger partial charge in [-0.2, -0.15) is 0 Å². The summed E-state index contributed by atoms with van der Waals surface area (Å²) in [5, 5.41) is 0. The van der Waals surface area contributed by atoms with Crippen molar-refractivity contribution in [2.45, 2.75) is 23.5 Å². The highest BCUT2D eigenvalue weighted by Crippen LogP contribution is 2.34. The first-order chi connectivity index (χ1) is 9.24. The lowest BCUT2D eigenvalue weighted by Gasteiger charge is -2.08. The molecule has 19 heavy (non-hydrogen) atoms. The second-order valence-corrected chi connectivity index (χ2v) is 5.64. The van der Waals surface area contributed by atoms with Gasteiger partial charge in [0, 0.05) is 22.6 Å². The maximum atomic E-state index is 13.6. The van der Waals surface area contributed by atoms with Crippen molar-refractivity contribution in [1.82, 2.24) is 0 Å². The first kappa shape index (κ1) is 12.4. The molecule has 0 amide bonds. The Kier molecular flexibility index (Phi) is 3.38. The topological polar surface area (TPSA) is 17.1 Å². The van der Waals surface area contributed by atoms with Gasteiger partial charge in [0.1, 0.15) is 5.82 Å². The molecule has 3 heteroatoms. The molecule has 0 fully saturated rings. The molecule has 1 aliphatic carbocycles. The minimum absolute atomic E-state index is 0.0658. The molecule has 0 saturated heterocycles. The molecule has 0 radical (unpaired) electrons. The molecule has 0 aromatic heterocycles. The Morgan fingerprint density at radius 1 is 1.11 bits per heavy atom. The highest BCUT2D eigenvalue weighted by atomic mass is 32.2. The van der Waals surface area contributed by atoms with E-state index in [0.29, 0.717) is 12.0 Å². The minimum atomic E-state index is -0.315. The molecule has 1 aliphatic rings. The molecule has 0 heterocycles. The van der Waals surface area contributed by atoms with E-state index in [0.717, 1.165) is 22.6 Å². The maximum Gasteiger partial charge on any atom is 0.163 e. The Balaban J connectivity index is 1.86. The van der Waals surface area contributed by atoms with E-state index in [2.05, 4.69) is 12.1 Å². The highest BCUT2D eigenvalue weighted by molar-refractivity contribution is 7.98. The number of carbonyl (C=O) groups is 1. The minimum Gasteiger partial charge on any atom is -0.294 e. The van der Waals surface area contributed by atoms with Gasteiger partial charge in [0.05, 0.1) is 0 Å². The summed E-state index contributed by atoms with van der Waals surface area (Å²) in [4.78, 5) is 12.6. The lowest BCUT2D eigenvalue weighted by Crippen LogP contribution is -1.94. The fourth-order valence-electron chi connectivity index (χ4n) is 2.36. The second-order valence-electron chi connectivity index (χ2n) is 4.63. The van der Waals surface area contributed by atoms with Gasteiger partial charge in [-0.05, 0) is 29.7 Å². The zero-order chi connectivity index (χ0) is 13.2. The summed E-state index contributed by atoms with van der Waals surface area (Å²) in [6, 6.07) is 13.0. The van der Waals surface area contributed by atoms with Crippen LogP contribution >= 0.6 is 11.8 Å². The van der Waals surface area contributed by atoms with E-state index < -0.39 is 0 Å². The second kappa shape index (κ2) is 5.17. The Bertz CT molecular complexity index is 622. The summed E-state index contributed by atoms with van der Waals surface area (Å²) in [6.45, 7) is 0. The van der Waals surface area contributed by atoms with Gasteiger partial charge in [0.15, 0.2) is 5.78 Å². The molecule has 96 valence electrons. The largest absolute Gasteiger partial charge is 0.294 e. The molecule has 0 bridgehead atoms.